The molecule has 9 aromatic heterocycles. The van der Waals surface area contributed by atoms with Crippen LogP contribution in [0.3, 0.4) is 0 Å². The topological polar surface area (TPSA) is 69.0 Å². The van der Waals surface area contributed by atoms with Crippen molar-refractivity contribution in [3.05, 3.63) is 497 Å². The summed E-state index contributed by atoms with van der Waals surface area (Å²) < 4.78 is 33.2. The number of rotatable bonds is 9. The van der Waals surface area contributed by atoms with E-state index in [9.17, 15) is 0 Å². The Hall–Kier alpha value is -19.2. The van der Waals surface area contributed by atoms with Crippen molar-refractivity contribution in [2.24, 2.45) is 0 Å². The Balaban J connectivity index is 0.000000100. The van der Waals surface area contributed by atoms with Gasteiger partial charge in [0.15, 0.2) is 0 Å². The molecule has 143 heavy (non-hydrogen) atoms. The highest BCUT2D eigenvalue weighted by molar-refractivity contribution is 6.19. The first kappa shape index (κ1) is 79.9. The van der Waals surface area contributed by atoms with Crippen molar-refractivity contribution >= 4 is 218 Å². The molecule has 0 bridgehead atoms. The predicted octanol–water partition coefficient (Wildman–Crippen LogP) is 36.6. The molecule has 9 heteroatoms. The molecule has 0 radical (unpaired) electrons. The second-order valence-electron chi connectivity index (χ2n) is 37.7. The lowest BCUT2D eigenvalue weighted by molar-refractivity contribution is 0.668. The van der Waals surface area contributed by atoms with Gasteiger partial charge < -0.3 is 40.7 Å². The molecule has 0 unspecified atom stereocenters. The third-order valence-electron chi connectivity index (χ3n) is 29.9. The van der Waals surface area contributed by atoms with Crippen LogP contribution in [0.15, 0.2) is 511 Å². The highest BCUT2D eigenvalue weighted by Gasteiger charge is 2.25. The number of furan rings is 3. The van der Waals surface area contributed by atoms with Crippen molar-refractivity contribution in [1.29, 1.82) is 0 Å². The lowest BCUT2D eigenvalue weighted by Crippen LogP contribution is -1.95. The molecule has 0 atom stereocenters. The Morgan fingerprint density at radius 1 is 0.112 bits per heavy atom. The molecule has 0 N–H and O–H groups in total. The van der Waals surface area contributed by atoms with Crippen LogP contribution < -0.4 is 0 Å². The van der Waals surface area contributed by atoms with Crippen LogP contribution in [0, 0.1) is 0 Å². The lowest BCUT2D eigenvalue weighted by Gasteiger charge is -2.12. The average molecular weight is 1820 g/mol. The molecular weight excluding hydrogens is 1740 g/mol. The number of para-hydroxylation sites is 10. The first-order valence-electron chi connectivity index (χ1n) is 48.9. The van der Waals surface area contributed by atoms with Crippen LogP contribution in [0.1, 0.15) is 0 Å². The van der Waals surface area contributed by atoms with Gasteiger partial charge in [-0.05, 0) is 225 Å². The maximum absolute atomic E-state index is 6.30. The van der Waals surface area contributed by atoms with Crippen LogP contribution in [0.25, 0.3) is 286 Å². The SMILES string of the molecule is c1ccc(-n2c3ccccc3c3cc(-c4ccc5c6ccccc6n(-c6ccc7c(c6)oc6ccccc67)c5c4)ccc32)cc1.c1ccc2c(-n3c4ccccc4c4ccc(-c5ccc6c(c5)c5ccccc5n6-c5ccc6c(c5)oc5ccccc56)cc43)cccc2c1.c1ccc2cc(-n3c4ccccc4c4ccc(-c5ccc6c(c5)c5ccccc5n6-c5ccc6c(c5)oc5ccccc56)cc43)ccc2c1. The Morgan fingerprint density at radius 3 is 0.769 bits per heavy atom. The number of benzene rings is 23. The van der Waals surface area contributed by atoms with Gasteiger partial charge in [-0.2, -0.15) is 0 Å². The monoisotopic (exact) mass is 1820 g/mol. The molecule has 23 aromatic carbocycles. The Kier molecular flexibility index (Phi) is 17.7. The summed E-state index contributed by atoms with van der Waals surface area (Å²) in [4.78, 5) is 0. The zero-order chi connectivity index (χ0) is 93.6. The summed E-state index contributed by atoms with van der Waals surface area (Å²) in [5, 5.41) is 26.8. The van der Waals surface area contributed by atoms with Crippen molar-refractivity contribution in [2.45, 2.75) is 0 Å². The van der Waals surface area contributed by atoms with E-state index < -0.39 is 0 Å². The third kappa shape index (κ3) is 12.5. The molecule has 0 spiro atoms. The quantitative estimate of drug-likeness (QED) is 0.145. The van der Waals surface area contributed by atoms with Crippen LogP contribution in [0.2, 0.25) is 0 Å². The van der Waals surface area contributed by atoms with E-state index in [1.165, 1.54) is 203 Å². The molecule has 0 aliphatic heterocycles. The highest BCUT2D eigenvalue weighted by atomic mass is 16.3. The first-order chi connectivity index (χ1) is 70.9. The van der Waals surface area contributed by atoms with Crippen molar-refractivity contribution < 1.29 is 13.3 Å². The summed E-state index contributed by atoms with van der Waals surface area (Å²) in [5.41, 5.74) is 33.7. The van der Waals surface area contributed by atoms with Gasteiger partial charge in [-0.1, -0.05) is 303 Å². The minimum atomic E-state index is 0.899. The van der Waals surface area contributed by atoms with Gasteiger partial charge in [0.25, 0.3) is 0 Å². The largest absolute Gasteiger partial charge is 0.456 e. The fourth-order valence-electron chi connectivity index (χ4n) is 23.4. The van der Waals surface area contributed by atoms with Gasteiger partial charge in [-0.15, -0.1) is 0 Å². The van der Waals surface area contributed by atoms with Crippen molar-refractivity contribution in [3.63, 3.8) is 0 Å². The Morgan fingerprint density at radius 2 is 0.364 bits per heavy atom. The smallest absolute Gasteiger partial charge is 0.137 e. The first-order valence-corrected chi connectivity index (χ1v) is 48.9. The van der Waals surface area contributed by atoms with E-state index in [2.05, 4.69) is 488 Å². The van der Waals surface area contributed by atoms with Crippen LogP contribution >= 0.6 is 0 Å². The zero-order valence-electron chi connectivity index (χ0n) is 77.3. The highest BCUT2D eigenvalue weighted by Crippen LogP contribution is 2.47. The maximum atomic E-state index is 6.30. The van der Waals surface area contributed by atoms with Crippen LogP contribution in [0.5, 0.6) is 0 Å². The minimum absolute atomic E-state index is 0.899. The normalized spacial score (nSPS) is 12.1. The number of nitrogens with zero attached hydrogens (tertiary/aromatic N) is 6. The van der Waals surface area contributed by atoms with E-state index in [4.69, 9.17) is 13.3 Å². The van der Waals surface area contributed by atoms with Crippen LogP contribution in [-0.2, 0) is 0 Å². The molecule has 9 nitrogen and oxygen atoms in total. The van der Waals surface area contributed by atoms with Crippen LogP contribution in [0.4, 0.5) is 0 Å². The van der Waals surface area contributed by atoms with Gasteiger partial charge in [-0.25, -0.2) is 0 Å². The van der Waals surface area contributed by atoms with Gasteiger partial charge in [0, 0.05) is 149 Å². The fourth-order valence-corrected chi connectivity index (χ4v) is 23.4. The molecule has 0 saturated carbocycles. The average Bonchev–Trinajstić information content (AvgIpc) is 1.60. The summed E-state index contributed by atoms with van der Waals surface area (Å²) in [7, 11) is 0. The molecule has 32 rings (SSSR count). The number of fused-ring (bicyclic) bond motifs is 29. The summed E-state index contributed by atoms with van der Waals surface area (Å²) >= 11 is 0. The minimum Gasteiger partial charge on any atom is -0.456 e. The predicted molar refractivity (Wildman–Crippen MR) is 599 cm³/mol. The molecule has 0 aliphatic carbocycles. The van der Waals surface area contributed by atoms with E-state index >= 15 is 0 Å². The number of hydrogen-bond donors (Lipinski definition) is 0. The van der Waals surface area contributed by atoms with E-state index in [1.807, 2.05) is 36.4 Å². The van der Waals surface area contributed by atoms with E-state index in [0.717, 1.165) is 82.9 Å². The molecule has 0 saturated heterocycles. The molecule has 0 fully saturated rings. The van der Waals surface area contributed by atoms with Gasteiger partial charge >= 0.3 is 0 Å². The molecule has 0 amide bonds. The second kappa shape index (κ2) is 31.7. The zero-order valence-corrected chi connectivity index (χ0v) is 77.3. The van der Waals surface area contributed by atoms with E-state index in [-0.39, 0.29) is 0 Å². The maximum Gasteiger partial charge on any atom is 0.137 e. The van der Waals surface area contributed by atoms with Crippen LogP contribution in [-0.4, -0.2) is 27.4 Å². The Labute approximate surface area is 818 Å². The van der Waals surface area contributed by atoms with Crippen molar-refractivity contribution in [3.8, 4) is 67.5 Å². The molecule has 666 valence electrons. The molecule has 32 aromatic rings. The molecule has 0 aliphatic rings. The van der Waals surface area contributed by atoms with Gasteiger partial charge in [0.2, 0.25) is 0 Å². The van der Waals surface area contributed by atoms with Gasteiger partial charge in [0.05, 0.1) is 71.9 Å². The molecule has 9 heterocycles. The lowest BCUT2D eigenvalue weighted by atomic mass is 10.0. The number of hydrogen-bond acceptors (Lipinski definition) is 3. The van der Waals surface area contributed by atoms with Gasteiger partial charge in [0.1, 0.15) is 33.5 Å². The number of aromatic nitrogens is 6. The summed E-state index contributed by atoms with van der Waals surface area (Å²) in [6.07, 6.45) is 0. The summed E-state index contributed by atoms with van der Waals surface area (Å²) in [6, 6.07) is 179. The fraction of sp³-hybridized carbons (Fsp3) is 0. The third-order valence-corrected chi connectivity index (χ3v) is 29.9. The van der Waals surface area contributed by atoms with E-state index in [0.29, 0.717) is 0 Å². The summed E-state index contributed by atoms with van der Waals surface area (Å²) in [6.45, 7) is 0. The van der Waals surface area contributed by atoms with Gasteiger partial charge in [-0.3, -0.25) is 0 Å². The standard InChI is InChI=1S/2C46H28N2O.C42H26N2O/c1-2-12-33-29(10-1)11-9-18-40(33)48-42-17-7-3-13-34(42)36-23-20-31(27-44(36)48)30-21-25-43-39(26-30)35-14-4-6-16-41(35)47(43)32-22-24-38-37-15-5-8-19-45(37)49-46(38)28-32;1-2-10-30-25-33(20-17-29(30)9-1)48-41-14-6-3-11-35(41)37-22-18-32(27-44(37)48)31-19-24-43-40(26-31)36-12-4-7-15-42(36)47(43)34-21-23-39-38-13-5-8-16-45(38)49-46(39)28-34;1-2-10-29(11-3-1)43-38-16-8-5-13-32(38)36-24-27(19-23-39(36)43)28-18-21-33-31-12-4-7-15-37(31)44(40(33)25-28)30-20-22-35-34-14-6-9-17-41(34)45-42(35)26-30/h2*1-28H;1-26H. The second-order valence-corrected chi connectivity index (χ2v) is 37.7. The van der Waals surface area contributed by atoms with E-state index in [1.54, 1.807) is 0 Å². The summed E-state index contributed by atoms with van der Waals surface area (Å²) in [5.74, 6) is 0. The van der Waals surface area contributed by atoms with Crippen molar-refractivity contribution in [2.75, 3.05) is 0 Å². The molecular formula is C134H82N6O3. The Bertz CT molecular complexity index is 10900. The van der Waals surface area contributed by atoms with Crippen molar-refractivity contribution in [1.82, 2.24) is 27.4 Å².